The fourth-order valence-corrected chi connectivity index (χ4v) is 5.87. The molecule has 0 aliphatic heterocycles. The fraction of sp³-hybridized carbons (Fsp3) is 0.290. The Morgan fingerprint density at radius 2 is 1.62 bits per heavy atom. The molecule has 1 fully saturated rings. The first kappa shape index (κ1) is 27.7. The van der Waals surface area contributed by atoms with Crippen molar-refractivity contribution in [1.82, 2.24) is 4.98 Å². The quantitative estimate of drug-likeness (QED) is 0.212. The van der Waals surface area contributed by atoms with Gasteiger partial charge in [-0.2, -0.15) is 13.2 Å². The maximum Gasteiger partial charge on any atom is 0.416 e. The summed E-state index contributed by atoms with van der Waals surface area (Å²) in [7, 11) is 0. The summed E-state index contributed by atoms with van der Waals surface area (Å²) >= 11 is 1.56. The Balaban J connectivity index is 1.28. The molecule has 4 aromatic rings. The van der Waals surface area contributed by atoms with E-state index in [1.807, 2.05) is 41.8 Å². The van der Waals surface area contributed by atoms with E-state index >= 15 is 0 Å². The molecule has 0 atom stereocenters. The van der Waals surface area contributed by atoms with Crippen LogP contribution in [0.2, 0.25) is 0 Å². The minimum Gasteiger partial charge on any atom is -0.478 e. The van der Waals surface area contributed by atoms with Crippen molar-refractivity contribution in [3.05, 3.63) is 94.9 Å². The summed E-state index contributed by atoms with van der Waals surface area (Å²) in [4.78, 5) is 18.5. The number of rotatable bonds is 9. The van der Waals surface area contributed by atoms with Gasteiger partial charge >= 0.3 is 12.1 Å². The first-order valence-electron chi connectivity index (χ1n) is 13.3. The molecule has 0 spiro atoms. The van der Waals surface area contributed by atoms with Gasteiger partial charge in [0.05, 0.1) is 16.8 Å². The summed E-state index contributed by atoms with van der Waals surface area (Å²) in [6.07, 6.45) is 1.78. The monoisotopic (exact) mass is 565 g/mol. The van der Waals surface area contributed by atoms with E-state index in [1.54, 1.807) is 23.5 Å². The number of aromatic nitrogens is 1. The van der Waals surface area contributed by atoms with E-state index in [4.69, 9.17) is 4.98 Å². The first-order valence-corrected chi connectivity index (χ1v) is 14.2. The van der Waals surface area contributed by atoms with Crippen LogP contribution in [0.5, 0.6) is 0 Å². The largest absolute Gasteiger partial charge is 0.478 e. The van der Waals surface area contributed by atoms with Gasteiger partial charge in [-0.05, 0) is 72.9 Å². The number of carboxylic acids is 1. The second kappa shape index (κ2) is 12.1. The Morgan fingerprint density at radius 1 is 0.950 bits per heavy atom. The van der Waals surface area contributed by atoms with Gasteiger partial charge in [-0.3, -0.25) is 0 Å². The van der Waals surface area contributed by atoms with E-state index in [1.165, 1.54) is 44.2 Å². The molecule has 0 amide bonds. The third-order valence-corrected chi connectivity index (χ3v) is 8.14. The number of benzene rings is 3. The zero-order valence-electron chi connectivity index (χ0n) is 21.8. The van der Waals surface area contributed by atoms with Crippen LogP contribution in [0.4, 0.5) is 29.7 Å². The lowest BCUT2D eigenvalue weighted by atomic mass is 9.89. The van der Waals surface area contributed by atoms with Crippen molar-refractivity contribution in [3.63, 3.8) is 0 Å². The first-order chi connectivity index (χ1) is 19.3. The predicted molar refractivity (Wildman–Crippen MR) is 153 cm³/mol. The minimum atomic E-state index is -4.34. The number of aromatic carboxylic acids is 1. The van der Waals surface area contributed by atoms with Gasteiger partial charge < -0.3 is 15.3 Å². The molecule has 5 nitrogen and oxygen atoms in total. The topological polar surface area (TPSA) is 65.5 Å². The summed E-state index contributed by atoms with van der Waals surface area (Å²) in [5.41, 5.74) is 3.96. The second-order valence-corrected chi connectivity index (χ2v) is 10.9. The number of hydrogen-bond acceptors (Lipinski definition) is 5. The number of carbonyl (C=O) groups is 1. The van der Waals surface area contributed by atoms with Crippen LogP contribution in [0.15, 0.2) is 78.2 Å². The molecule has 40 heavy (non-hydrogen) atoms. The molecule has 0 bridgehead atoms. The smallest absolute Gasteiger partial charge is 0.416 e. The lowest BCUT2D eigenvalue weighted by molar-refractivity contribution is -0.137. The van der Waals surface area contributed by atoms with Crippen LogP contribution in [0.3, 0.4) is 0 Å². The molecular weight excluding hydrogens is 535 g/mol. The number of alkyl halides is 3. The van der Waals surface area contributed by atoms with Crippen LogP contribution in [-0.4, -0.2) is 22.6 Å². The van der Waals surface area contributed by atoms with E-state index in [-0.39, 0.29) is 5.56 Å². The van der Waals surface area contributed by atoms with Crippen LogP contribution in [-0.2, 0) is 12.7 Å². The van der Waals surface area contributed by atoms with E-state index in [0.29, 0.717) is 12.5 Å². The number of hydrogen-bond donors (Lipinski definition) is 2. The Kier molecular flexibility index (Phi) is 8.40. The van der Waals surface area contributed by atoms with Crippen molar-refractivity contribution in [3.8, 4) is 11.3 Å². The lowest BCUT2D eigenvalue weighted by Crippen LogP contribution is -2.26. The molecule has 9 heteroatoms. The van der Waals surface area contributed by atoms with Crippen molar-refractivity contribution in [2.45, 2.75) is 44.8 Å². The Bertz CT molecular complexity index is 1410. The average molecular weight is 566 g/mol. The molecule has 208 valence electrons. The maximum absolute atomic E-state index is 12.8. The highest BCUT2D eigenvalue weighted by atomic mass is 32.1. The highest BCUT2D eigenvalue weighted by Crippen LogP contribution is 2.36. The summed E-state index contributed by atoms with van der Waals surface area (Å²) < 4.78 is 38.4. The number of nitrogens with one attached hydrogen (secondary N) is 1. The van der Waals surface area contributed by atoms with Crippen molar-refractivity contribution in [1.29, 1.82) is 0 Å². The minimum absolute atomic E-state index is 0.258. The van der Waals surface area contributed by atoms with Crippen molar-refractivity contribution < 1.29 is 23.1 Å². The van der Waals surface area contributed by atoms with Gasteiger partial charge in [-0.15, -0.1) is 11.3 Å². The summed E-state index contributed by atoms with van der Waals surface area (Å²) in [5.74, 6) is -0.380. The Morgan fingerprint density at radius 3 is 2.25 bits per heavy atom. The number of halogens is 3. The van der Waals surface area contributed by atoms with Crippen LogP contribution >= 0.6 is 11.3 Å². The van der Waals surface area contributed by atoms with E-state index in [2.05, 4.69) is 10.2 Å². The third kappa shape index (κ3) is 6.83. The molecule has 2 N–H and O–H groups in total. The van der Waals surface area contributed by atoms with E-state index < -0.39 is 17.7 Å². The Labute approximate surface area is 235 Å². The molecule has 1 aliphatic rings. The average Bonchev–Trinajstić information content (AvgIpc) is 3.45. The van der Waals surface area contributed by atoms with Crippen LogP contribution in [0.25, 0.3) is 11.3 Å². The number of nitrogens with zero attached hydrogens (tertiary/aromatic N) is 2. The maximum atomic E-state index is 12.8. The van der Waals surface area contributed by atoms with E-state index in [9.17, 15) is 23.1 Å². The van der Waals surface area contributed by atoms with Crippen LogP contribution in [0, 0.1) is 5.92 Å². The second-order valence-electron chi connectivity index (χ2n) is 10.1. The molecule has 0 saturated heterocycles. The van der Waals surface area contributed by atoms with Crippen LogP contribution in [0.1, 0.15) is 53.6 Å². The molecule has 1 aromatic heterocycles. The van der Waals surface area contributed by atoms with Gasteiger partial charge in [0.1, 0.15) is 0 Å². The zero-order chi connectivity index (χ0) is 28.1. The van der Waals surface area contributed by atoms with Gasteiger partial charge in [0.2, 0.25) is 0 Å². The third-order valence-electron chi connectivity index (χ3n) is 7.27. The summed E-state index contributed by atoms with van der Waals surface area (Å²) in [6.45, 7) is 1.25. The SMILES string of the molecule is O=C(O)c1ccc(N(CC2CCCCC2)c2nc(-c3ccc(NCc4ccc(C(F)(F)F)cc4)cc3)cs2)cc1. The predicted octanol–water partition coefficient (Wildman–Crippen LogP) is 8.86. The summed E-state index contributed by atoms with van der Waals surface area (Å²) in [6, 6.07) is 19.9. The molecule has 1 heterocycles. The van der Waals surface area contributed by atoms with Gasteiger partial charge in [-0.1, -0.05) is 43.5 Å². The molecule has 5 rings (SSSR count). The van der Waals surface area contributed by atoms with Gasteiger partial charge in [0.15, 0.2) is 5.13 Å². The van der Waals surface area contributed by atoms with Gasteiger partial charge in [-0.25, -0.2) is 9.78 Å². The van der Waals surface area contributed by atoms with Gasteiger partial charge in [0.25, 0.3) is 0 Å². The molecular formula is C31H30F3N3O2S. The fourth-order valence-electron chi connectivity index (χ4n) is 5.00. The molecule has 3 aromatic carbocycles. The lowest BCUT2D eigenvalue weighted by Gasteiger charge is -2.29. The molecule has 1 saturated carbocycles. The standard InChI is InChI=1S/C31H30F3N3O2S/c32-31(33,34)25-12-6-21(7-13-25)18-35-26-14-8-23(9-15-26)28-20-40-30(36-28)37(19-22-4-2-1-3-5-22)27-16-10-24(11-17-27)29(38)39/h6-17,20,22,35H,1-5,18-19H2,(H,38,39). The van der Waals surface area contributed by atoms with Crippen molar-refractivity contribution in [2.24, 2.45) is 5.92 Å². The normalized spacial score (nSPS) is 14.2. The van der Waals surface area contributed by atoms with Gasteiger partial charge in [0, 0.05) is 35.4 Å². The number of thiazole rings is 1. The molecule has 0 radical (unpaired) electrons. The highest BCUT2D eigenvalue weighted by molar-refractivity contribution is 7.14. The number of anilines is 3. The number of carboxylic acid groups (broad SMARTS) is 1. The molecule has 0 unspecified atom stereocenters. The van der Waals surface area contributed by atoms with Crippen molar-refractivity contribution in [2.75, 3.05) is 16.8 Å². The Hall–Kier alpha value is -3.85. The van der Waals surface area contributed by atoms with Crippen molar-refractivity contribution >= 4 is 33.8 Å². The van der Waals surface area contributed by atoms with E-state index in [0.717, 1.165) is 52.0 Å². The van der Waals surface area contributed by atoms with Crippen LogP contribution < -0.4 is 10.2 Å². The summed E-state index contributed by atoms with van der Waals surface area (Å²) in [5, 5.41) is 15.5. The molecule has 1 aliphatic carbocycles. The highest BCUT2D eigenvalue weighted by Gasteiger charge is 2.30. The zero-order valence-corrected chi connectivity index (χ0v) is 22.6.